The second-order valence-electron chi connectivity index (χ2n) is 5.46. The summed E-state index contributed by atoms with van der Waals surface area (Å²) in [5, 5.41) is 2.47. The lowest BCUT2D eigenvalue weighted by Crippen LogP contribution is -2.48. The Balaban J connectivity index is 1.83. The highest BCUT2D eigenvalue weighted by atomic mass is 32.1. The van der Waals surface area contributed by atoms with Gasteiger partial charge in [0.15, 0.2) is 5.11 Å². The second-order valence-corrected chi connectivity index (χ2v) is 5.87. The molecule has 26 heavy (non-hydrogen) atoms. The number of hydrazine groups is 1. The average Bonchev–Trinajstić information content (AvgIpc) is 2.67. The number of thiocarbonyl (C=S) groups is 1. The smallest absolute Gasteiger partial charge is 0.269 e. The Bertz CT molecular complexity index is 766. The summed E-state index contributed by atoms with van der Waals surface area (Å²) in [6, 6.07) is 9.85. The second kappa shape index (κ2) is 9.47. The van der Waals surface area contributed by atoms with Crippen LogP contribution in [0.25, 0.3) is 0 Å². The summed E-state index contributed by atoms with van der Waals surface area (Å²) in [6.07, 6.45) is 4.01. The summed E-state index contributed by atoms with van der Waals surface area (Å²) in [6.45, 7) is 4.01. The van der Waals surface area contributed by atoms with Crippen molar-refractivity contribution < 1.29 is 14.3 Å². The first-order valence-electron chi connectivity index (χ1n) is 8.08. The molecule has 1 aromatic heterocycles. The molecule has 1 unspecified atom stereocenters. The molecule has 0 radical (unpaired) electrons. The topological polar surface area (TPSA) is 92.4 Å². The van der Waals surface area contributed by atoms with E-state index in [1.54, 1.807) is 36.4 Å². The van der Waals surface area contributed by atoms with Gasteiger partial charge in [-0.05, 0) is 62.0 Å². The number of ether oxygens (including phenoxy) is 1. The summed E-state index contributed by atoms with van der Waals surface area (Å²) in [5.74, 6) is -0.0903. The maximum Gasteiger partial charge on any atom is 0.269 e. The van der Waals surface area contributed by atoms with Crippen LogP contribution in [0, 0.1) is 0 Å². The number of nitrogens with one attached hydrogen (secondary N) is 3. The van der Waals surface area contributed by atoms with Gasteiger partial charge in [-0.1, -0.05) is 6.92 Å². The van der Waals surface area contributed by atoms with Gasteiger partial charge in [-0.15, -0.1) is 0 Å². The maximum atomic E-state index is 12.2. The molecule has 0 aliphatic heterocycles. The molecule has 1 atom stereocenters. The van der Waals surface area contributed by atoms with Crippen molar-refractivity contribution in [1.29, 1.82) is 0 Å². The molecule has 0 bridgehead atoms. The largest absolute Gasteiger partial charge is 0.491 e. The SMILES string of the molecule is CCC(C)Oc1ccc(C(=O)NC(=S)NNC(=O)c2ccncc2)cc1. The Morgan fingerprint density at radius 2 is 1.65 bits per heavy atom. The van der Waals surface area contributed by atoms with Crippen LogP contribution in [0.4, 0.5) is 0 Å². The molecular weight excluding hydrogens is 352 g/mol. The lowest BCUT2D eigenvalue weighted by Gasteiger charge is -2.13. The Morgan fingerprint density at radius 3 is 2.27 bits per heavy atom. The van der Waals surface area contributed by atoms with Gasteiger partial charge in [0.05, 0.1) is 6.10 Å². The van der Waals surface area contributed by atoms with Crippen molar-refractivity contribution in [3.63, 3.8) is 0 Å². The number of benzene rings is 1. The van der Waals surface area contributed by atoms with Gasteiger partial charge < -0.3 is 4.74 Å². The zero-order valence-corrected chi connectivity index (χ0v) is 15.3. The first kappa shape index (κ1) is 19.3. The molecule has 8 heteroatoms. The molecule has 0 fully saturated rings. The van der Waals surface area contributed by atoms with E-state index in [-0.39, 0.29) is 11.2 Å². The van der Waals surface area contributed by atoms with Crippen LogP contribution in [0.15, 0.2) is 48.8 Å². The number of aromatic nitrogens is 1. The van der Waals surface area contributed by atoms with Crippen LogP contribution in [0.2, 0.25) is 0 Å². The van der Waals surface area contributed by atoms with E-state index >= 15 is 0 Å². The third kappa shape index (κ3) is 5.82. The van der Waals surface area contributed by atoms with E-state index in [1.807, 2.05) is 13.8 Å². The van der Waals surface area contributed by atoms with Crippen LogP contribution in [0.5, 0.6) is 5.75 Å². The summed E-state index contributed by atoms with van der Waals surface area (Å²) < 4.78 is 5.66. The van der Waals surface area contributed by atoms with Gasteiger partial charge in [-0.25, -0.2) is 0 Å². The minimum atomic E-state index is -0.393. The number of pyridine rings is 1. The molecule has 3 N–H and O–H groups in total. The molecule has 0 spiro atoms. The normalized spacial score (nSPS) is 11.2. The van der Waals surface area contributed by atoms with E-state index in [0.717, 1.165) is 6.42 Å². The summed E-state index contributed by atoms with van der Waals surface area (Å²) in [5.41, 5.74) is 5.72. The quantitative estimate of drug-likeness (QED) is 0.551. The van der Waals surface area contributed by atoms with Crippen molar-refractivity contribution in [3.8, 4) is 5.75 Å². The van der Waals surface area contributed by atoms with Crippen molar-refractivity contribution in [1.82, 2.24) is 21.2 Å². The third-order valence-electron chi connectivity index (χ3n) is 3.49. The van der Waals surface area contributed by atoms with Crippen LogP contribution < -0.4 is 20.9 Å². The molecule has 2 rings (SSSR count). The molecule has 1 heterocycles. The number of carbonyl (C=O) groups excluding carboxylic acids is 2. The Morgan fingerprint density at radius 1 is 1.04 bits per heavy atom. The number of carbonyl (C=O) groups is 2. The Labute approximate surface area is 157 Å². The maximum absolute atomic E-state index is 12.2. The molecule has 136 valence electrons. The number of nitrogens with zero attached hydrogens (tertiary/aromatic N) is 1. The fourth-order valence-electron chi connectivity index (χ4n) is 1.90. The summed E-state index contributed by atoms with van der Waals surface area (Å²) >= 11 is 5.00. The Hall–Kier alpha value is -3.00. The van der Waals surface area contributed by atoms with E-state index in [4.69, 9.17) is 17.0 Å². The van der Waals surface area contributed by atoms with E-state index < -0.39 is 11.8 Å². The highest BCUT2D eigenvalue weighted by Gasteiger charge is 2.10. The van der Waals surface area contributed by atoms with Gasteiger partial charge in [0.1, 0.15) is 5.75 Å². The summed E-state index contributed by atoms with van der Waals surface area (Å²) in [7, 11) is 0. The van der Waals surface area contributed by atoms with Crippen molar-refractivity contribution in [2.24, 2.45) is 0 Å². The fourth-order valence-corrected chi connectivity index (χ4v) is 2.04. The molecule has 2 amide bonds. The predicted molar refractivity (Wildman–Crippen MR) is 102 cm³/mol. The molecule has 0 aliphatic carbocycles. The number of hydrogen-bond donors (Lipinski definition) is 3. The predicted octanol–water partition coefficient (Wildman–Crippen LogP) is 2.21. The number of hydrogen-bond acceptors (Lipinski definition) is 5. The first-order valence-corrected chi connectivity index (χ1v) is 8.48. The third-order valence-corrected chi connectivity index (χ3v) is 3.69. The van der Waals surface area contributed by atoms with Crippen LogP contribution in [0.1, 0.15) is 41.0 Å². The van der Waals surface area contributed by atoms with E-state index in [1.165, 1.54) is 12.4 Å². The number of rotatable bonds is 5. The molecule has 1 aromatic carbocycles. The molecule has 0 aliphatic rings. The van der Waals surface area contributed by atoms with Crippen molar-refractivity contribution in [2.45, 2.75) is 26.4 Å². The minimum absolute atomic E-state index is 0.0164. The summed E-state index contributed by atoms with van der Waals surface area (Å²) in [4.78, 5) is 27.9. The van der Waals surface area contributed by atoms with Gasteiger partial charge in [0.25, 0.3) is 11.8 Å². The number of amides is 2. The lowest BCUT2D eigenvalue weighted by molar-refractivity contribution is 0.0934. The monoisotopic (exact) mass is 372 g/mol. The molecule has 0 saturated heterocycles. The van der Waals surface area contributed by atoms with Gasteiger partial charge in [-0.2, -0.15) is 0 Å². The lowest BCUT2D eigenvalue weighted by atomic mass is 10.2. The van der Waals surface area contributed by atoms with Crippen LogP contribution in [0.3, 0.4) is 0 Å². The van der Waals surface area contributed by atoms with Crippen LogP contribution in [-0.2, 0) is 0 Å². The fraction of sp³-hybridized carbons (Fsp3) is 0.222. The van der Waals surface area contributed by atoms with Gasteiger partial charge >= 0.3 is 0 Å². The molecule has 0 saturated carbocycles. The van der Waals surface area contributed by atoms with Gasteiger partial charge in [0.2, 0.25) is 0 Å². The van der Waals surface area contributed by atoms with Crippen molar-refractivity contribution >= 4 is 29.1 Å². The van der Waals surface area contributed by atoms with Crippen molar-refractivity contribution in [2.75, 3.05) is 0 Å². The van der Waals surface area contributed by atoms with Crippen LogP contribution >= 0.6 is 12.2 Å². The van der Waals surface area contributed by atoms with Crippen LogP contribution in [-0.4, -0.2) is 28.0 Å². The zero-order chi connectivity index (χ0) is 18.9. The highest BCUT2D eigenvalue weighted by molar-refractivity contribution is 7.80. The van der Waals surface area contributed by atoms with Crippen molar-refractivity contribution in [3.05, 3.63) is 59.9 Å². The van der Waals surface area contributed by atoms with Gasteiger partial charge in [0, 0.05) is 23.5 Å². The standard InChI is InChI=1S/C18H20N4O3S/c1-3-12(2)25-15-6-4-13(5-7-15)16(23)20-18(26)22-21-17(24)14-8-10-19-11-9-14/h4-12H,3H2,1-2H3,(H,21,24)(H2,20,22,23,26). The Kier molecular flexibility index (Phi) is 7.04. The van der Waals surface area contributed by atoms with E-state index in [9.17, 15) is 9.59 Å². The molecule has 7 nitrogen and oxygen atoms in total. The molecular formula is C18H20N4O3S. The highest BCUT2D eigenvalue weighted by Crippen LogP contribution is 2.14. The first-order chi connectivity index (χ1) is 12.5. The zero-order valence-electron chi connectivity index (χ0n) is 14.5. The minimum Gasteiger partial charge on any atom is -0.491 e. The van der Waals surface area contributed by atoms with E-state index in [2.05, 4.69) is 21.2 Å². The van der Waals surface area contributed by atoms with E-state index in [0.29, 0.717) is 16.9 Å². The van der Waals surface area contributed by atoms with Gasteiger partial charge in [-0.3, -0.25) is 30.7 Å². The molecule has 2 aromatic rings. The average molecular weight is 372 g/mol.